The molecule has 0 radical (unpaired) electrons. The summed E-state index contributed by atoms with van der Waals surface area (Å²) in [6, 6.07) is 0.718. The van der Waals surface area contributed by atoms with Crippen molar-refractivity contribution in [1.82, 2.24) is 15.6 Å². The minimum absolute atomic E-state index is 0.718. The Bertz CT molecular complexity index is 117. The van der Waals surface area contributed by atoms with Crippen molar-refractivity contribution in [3.63, 3.8) is 0 Å². The van der Waals surface area contributed by atoms with Gasteiger partial charge >= 0.3 is 0 Å². The molecule has 1 unspecified atom stereocenters. The van der Waals surface area contributed by atoms with Gasteiger partial charge in [0.1, 0.15) is 0 Å². The molecule has 0 aliphatic carbocycles. The van der Waals surface area contributed by atoms with E-state index in [1.54, 1.807) is 0 Å². The average Bonchev–Trinajstić information content (AvgIpc) is 1.72. The van der Waals surface area contributed by atoms with Gasteiger partial charge in [0, 0.05) is 32.1 Å². The third-order valence-electron chi connectivity index (χ3n) is 2.50. The van der Waals surface area contributed by atoms with Gasteiger partial charge in [-0.05, 0) is 6.92 Å². The molecule has 3 nitrogen and oxygen atoms in total. The van der Waals surface area contributed by atoms with E-state index in [2.05, 4.69) is 29.5 Å². The van der Waals surface area contributed by atoms with Crippen molar-refractivity contribution in [1.29, 1.82) is 0 Å². The van der Waals surface area contributed by atoms with E-state index < -0.39 is 0 Å². The minimum Gasteiger partial charge on any atom is -0.231 e. The van der Waals surface area contributed by atoms with Crippen molar-refractivity contribution in [3.8, 4) is 0 Å². The highest BCUT2D eigenvalue weighted by Crippen LogP contribution is 2.24. The molecule has 0 amide bonds. The van der Waals surface area contributed by atoms with E-state index in [1.807, 2.05) is 0 Å². The topological polar surface area (TPSA) is 18.5 Å². The molecule has 3 fully saturated rings. The Morgan fingerprint density at radius 1 is 1.44 bits per heavy atom. The van der Waals surface area contributed by atoms with Gasteiger partial charge < -0.3 is 0 Å². The molecule has 3 saturated heterocycles. The molecule has 1 atom stereocenters. The Kier molecular flexibility index (Phi) is 1.06. The third kappa shape index (κ3) is 0.689. The van der Waals surface area contributed by atoms with Crippen LogP contribution < -0.4 is 5.53 Å². The number of nitrogens with one attached hydrogen (secondary N) is 1. The van der Waals surface area contributed by atoms with Crippen LogP contribution in [0.25, 0.3) is 0 Å². The van der Waals surface area contributed by atoms with Crippen LogP contribution >= 0.6 is 0 Å². The van der Waals surface area contributed by atoms with Crippen molar-refractivity contribution in [3.05, 3.63) is 0 Å². The molecule has 3 heterocycles. The van der Waals surface area contributed by atoms with Gasteiger partial charge in [0.15, 0.2) is 0 Å². The summed E-state index contributed by atoms with van der Waals surface area (Å²) < 4.78 is 0. The fraction of sp³-hybridized carbons (Fsp3) is 1.00. The monoisotopic (exact) mass is 127 g/mol. The van der Waals surface area contributed by atoms with Crippen LogP contribution in [-0.4, -0.2) is 36.2 Å². The Morgan fingerprint density at radius 3 is 2.44 bits per heavy atom. The molecule has 0 aromatic carbocycles. The summed E-state index contributed by atoms with van der Waals surface area (Å²) >= 11 is 0. The molecule has 2 bridgehead atoms. The molecular formula is C6H13N3. The summed E-state index contributed by atoms with van der Waals surface area (Å²) in [6.45, 7) is 4.76. The van der Waals surface area contributed by atoms with Gasteiger partial charge in [0.25, 0.3) is 0 Å². The molecule has 3 aliphatic rings. The van der Waals surface area contributed by atoms with Crippen LogP contribution in [-0.2, 0) is 0 Å². The van der Waals surface area contributed by atoms with Gasteiger partial charge in [0.2, 0.25) is 0 Å². The van der Waals surface area contributed by atoms with Crippen molar-refractivity contribution >= 4 is 0 Å². The van der Waals surface area contributed by atoms with E-state index in [-0.39, 0.29) is 0 Å². The van der Waals surface area contributed by atoms with Crippen LogP contribution in [0.4, 0.5) is 0 Å². The Hall–Kier alpha value is -0.120. The number of hydrogen-bond acceptors (Lipinski definition) is 3. The lowest BCUT2D eigenvalue weighted by Crippen LogP contribution is -2.71. The second kappa shape index (κ2) is 1.68. The normalized spacial score (nSPS) is 50.7. The van der Waals surface area contributed by atoms with E-state index in [4.69, 9.17) is 0 Å². The molecule has 0 aromatic heterocycles. The van der Waals surface area contributed by atoms with Crippen LogP contribution in [0.5, 0.6) is 0 Å². The largest absolute Gasteiger partial charge is 0.231 e. The average molecular weight is 127 g/mol. The highest BCUT2D eigenvalue weighted by molar-refractivity contribution is 4.88. The lowest BCUT2D eigenvalue weighted by atomic mass is 9.93. The molecule has 52 valence electrons. The molecule has 0 aromatic rings. The summed E-state index contributed by atoms with van der Waals surface area (Å²) in [6.07, 6.45) is 0. The molecule has 1 N–H and O–H groups in total. The molecule has 3 aliphatic heterocycles. The predicted molar refractivity (Wildman–Crippen MR) is 35.4 cm³/mol. The standard InChI is InChI=1S/C6H13N3/c1-5-6-3-9(4-6)7-8(5)2/h5-7H,3-4H2,1-2H3. The molecule has 3 rings (SSSR count). The fourth-order valence-corrected chi connectivity index (χ4v) is 1.53. The van der Waals surface area contributed by atoms with E-state index >= 15 is 0 Å². The zero-order valence-electron chi connectivity index (χ0n) is 5.96. The van der Waals surface area contributed by atoms with E-state index in [9.17, 15) is 0 Å². The quantitative estimate of drug-likeness (QED) is 0.481. The number of rotatable bonds is 0. The minimum atomic E-state index is 0.718. The van der Waals surface area contributed by atoms with Crippen molar-refractivity contribution in [2.75, 3.05) is 20.1 Å². The summed E-state index contributed by atoms with van der Waals surface area (Å²) in [4.78, 5) is 0. The fourth-order valence-electron chi connectivity index (χ4n) is 1.53. The van der Waals surface area contributed by atoms with Crippen molar-refractivity contribution in [2.24, 2.45) is 5.92 Å². The smallest absolute Gasteiger partial charge is 0.0279 e. The maximum atomic E-state index is 3.26. The van der Waals surface area contributed by atoms with Crippen molar-refractivity contribution in [2.45, 2.75) is 13.0 Å². The Labute approximate surface area is 55.6 Å². The number of nitrogens with zero attached hydrogens (tertiary/aromatic N) is 2. The van der Waals surface area contributed by atoms with Gasteiger partial charge in [-0.3, -0.25) is 0 Å². The van der Waals surface area contributed by atoms with Crippen LogP contribution in [0, 0.1) is 5.92 Å². The van der Waals surface area contributed by atoms with Crippen molar-refractivity contribution < 1.29 is 0 Å². The number of hydrogen-bond donors (Lipinski definition) is 1. The Balaban J connectivity index is 2.04. The van der Waals surface area contributed by atoms with Crippen LogP contribution in [0.1, 0.15) is 6.92 Å². The maximum absolute atomic E-state index is 3.26. The highest BCUT2D eigenvalue weighted by Gasteiger charge is 2.38. The predicted octanol–water partition coefficient (Wildman–Crippen LogP) is -0.328. The zero-order chi connectivity index (χ0) is 6.43. The SMILES string of the molecule is CC1C2CN(C2)NN1C. The zero-order valence-corrected chi connectivity index (χ0v) is 5.96. The lowest BCUT2D eigenvalue weighted by molar-refractivity contribution is -0.144. The maximum Gasteiger partial charge on any atom is 0.0279 e. The first-order valence-electron chi connectivity index (χ1n) is 3.51. The van der Waals surface area contributed by atoms with E-state index in [0.717, 1.165) is 12.0 Å². The van der Waals surface area contributed by atoms with Gasteiger partial charge in [-0.2, -0.15) is 5.53 Å². The van der Waals surface area contributed by atoms with Gasteiger partial charge in [-0.25, -0.2) is 10.0 Å². The Morgan fingerprint density at radius 2 is 2.11 bits per heavy atom. The molecule has 9 heavy (non-hydrogen) atoms. The summed E-state index contributed by atoms with van der Waals surface area (Å²) in [5.74, 6) is 0.913. The van der Waals surface area contributed by atoms with E-state index in [0.29, 0.717) is 0 Å². The first-order valence-corrected chi connectivity index (χ1v) is 3.51. The first-order chi connectivity index (χ1) is 4.27. The molecule has 0 saturated carbocycles. The third-order valence-corrected chi connectivity index (χ3v) is 2.50. The van der Waals surface area contributed by atoms with Crippen LogP contribution in [0.2, 0.25) is 0 Å². The molecule has 3 heteroatoms. The number of hydrazine groups is 2. The van der Waals surface area contributed by atoms with E-state index in [1.165, 1.54) is 13.1 Å². The summed E-state index contributed by atoms with van der Waals surface area (Å²) in [5.41, 5.74) is 3.26. The lowest BCUT2D eigenvalue weighted by Gasteiger charge is -2.53. The second-order valence-electron chi connectivity index (χ2n) is 3.12. The molecule has 0 spiro atoms. The summed E-state index contributed by atoms with van der Waals surface area (Å²) in [5, 5.41) is 4.42. The van der Waals surface area contributed by atoms with Crippen LogP contribution in [0.3, 0.4) is 0 Å². The highest BCUT2D eigenvalue weighted by atomic mass is 15.8. The summed E-state index contributed by atoms with van der Waals surface area (Å²) in [7, 11) is 2.10. The first kappa shape index (κ1) is 5.65. The second-order valence-corrected chi connectivity index (χ2v) is 3.12. The van der Waals surface area contributed by atoms with Crippen LogP contribution in [0.15, 0.2) is 0 Å². The number of fused-ring (bicyclic) bond motifs is 2. The molecular weight excluding hydrogens is 114 g/mol. The van der Waals surface area contributed by atoms with Gasteiger partial charge in [-0.15, -0.1) is 0 Å². The van der Waals surface area contributed by atoms with Gasteiger partial charge in [0.05, 0.1) is 0 Å². The van der Waals surface area contributed by atoms with Gasteiger partial charge in [-0.1, -0.05) is 0 Å².